The minimum Gasteiger partial charge on any atom is -0.306 e. The van der Waals surface area contributed by atoms with Gasteiger partial charge in [-0.15, -0.1) is 11.3 Å². The highest BCUT2D eigenvalue weighted by molar-refractivity contribution is 9.10. The van der Waals surface area contributed by atoms with Gasteiger partial charge in [0.1, 0.15) is 4.34 Å². The lowest BCUT2D eigenvalue weighted by Gasteiger charge is -2.18. The molecule has 0 amide bonds. The number of thiophene rings is 1. The summed E-state index contributed by atoms with van der Waals surface area (Å²) in [6.07, 6.45) is 2.19. The Morgan fingerprint density at radius 1 is 1.25 bits per heavy atom. The Hall–Kier alpha value is -0.350. The Bertz CT molecular complexity index is 531. The van der Waals surface area contributed by atoms with Crippen molar-refractivity contribution >= 4 is 38.9 Å². The van der Waals surface area contributed by atoms with E-state index in [9.17, 15) is 0 Å². The first kappa shape index (κ1) is 16.0. The second-order valence-corrected chi connectivity index (χ2v) is 7.29. The molecule has 0 aliphatic rings. The van der Waals surface area contributed by atoms with Gasteiger partial charge in [0, 0.05) is 9.35 Å². The van der Waals surface area contributed by atoms with Crippen LogP contribution in [0.1, 0.15) is 42.3 Å². The van der Waals surface area contributed by atoms with Crippen molar-refractivity contribution in [3.8, 4) is 0 Å². The molecule has 20 heavy (non-hydrogen) atoms. The molecule has 0 radical (unpaired) electrons. The van der Waals surface area contributed by atoms with Gasteiger partial charge in [0.25, 0.3) is 0 Å². The molecule has 1 atom stereocenters. The standard InChI is InChI=1S/C16H19BrClNS/c1-3-9-19-15(14-10-13(17)16(18)20-14)12-7-5-11(4-2)6-8-12/h5-8,10,15,19H,3-4,9H2,1-2H3. The number of rotatable bonds is 6. The van der Waals surface area contributed by atoms with Crippen molar-refractivity contribution in [1.29, 1.82) is 0 Å². The van der Waals surface area contributed by atoms with Gasteiger partial charge in [-0.1, -0.05) is 49.7 Å². The van der Waals surface area contributed by atoms with Crippen molar-refractivity contribution in [2.24, 2.45) is 0 Å². The maximum Gasteiger partial charge on any atom is 0.107 e. The van der Waals surface area contributed by atoms with E-state index < -0.39 is 0 Å². The van der Waals surface area contributed by atoms with Crippen molar-refractivity contribution in [3.63, 3.8) is 0 Å². The third-order valence-corrected chi connectivity index (χ3v) is 5.81. The molecule has 0 aliphatic carbocycles. The molecule has 0 bridgehead atoms. The molecule has 1 nitrogen and oxygen atoms in total. The van der Waals surface area contributed by atoms with E-state index in [0.29, 0.717) is 0 Å². The van der Waals surface area contributed by atoms with Crippen LogP contribution < -0.4 is 5.32 Å². The Kier molecular flexibility index (Phi) is 6.09. The molecule has 108 valence electrons. The van der Waals surface area contributed by atoms with E-state index in [4.69, 9.17) is 11.6 Å². The molecule has 0 saturated carbocycles. The highest BCUT2D eigenvalue weighted by atomic mass is 79.9. The van der Waals surface area contributed by atoms with Gasteiger partial charge in [-0.2, -0.15) is 0 Å². The van der Waals surface area contributed by atoms with E-state index in [1.54, 1.807) is 11.3 Å². The molecule has 4 heteroatoms. The van der Waals surface area contributed by atoms with Gasteiger partial charge >= 0.3 is 0 Å². The fraction of sp³-hybridized carbons (Fsp3) is 0.375. The lowest BCUT2D eigenvalue weighted by atomic mass is 10.0. The molecule has 0 fully saturated rings. The largest absolute Gasteiger partial charge is 0.306 e. The highest BCUT2D eigenvalue weighted by Crippen LogP contribution is 2.37. The number of hydrogen-bond acceptors (Lipinski definition) is 2. The first-order valence-corrected chi connectivity index (χ1v) is 8.91. The van der Waals surface area contributed by atoms with E-state index in [2.05, 4.69) is 65.4 Å². The van der Waals surface area contributed by atoms with Crippen LogP contribution in [0.5, 0.6) is 0 Å². The van der Waals surface area contributed by atoms with E-state index in [1.165, 1.54) is 16.0 Å². The molecule has 1 aromatic carbocycles. The summed E-state index contributed by atoms with van der Waals surface area (Å²) in [6.45, 7) is 5.35. The zero-order chi connectivity index (χ0) is 14.5. The summed E-state index contributed by atoms with van der Waals surface area (Å²) in [4.78, 5) is 1.25. The van der Waals surface area contributed by atoms with Gasteiger partial charge in [-0.05, 0) is 52.5 Å². The average molecular weight is 373 g/mol. The van der Waals surface area contributed by atoms with Crippen molar-refractivity contribution in [2.45, 2.75) is 32.7 Å². The predicted octanol–water partition coefficient (Wildman–Crippen LogP) is 5.82. The molecule has 1 aromatic heterocycles. The minimum absolute atomic E-state index is 0.217. The molecule has 1 heterocycles. The first-order valence-electron chi connectivity index (χ1n) is 6.92. The Morgan fingerprint density at radius 2 is 1.95 bits per heavy atom. The number of benzene rings is 1. The number of hydrogen-bond donors (Lipinski definition) is 1. The van der Waals surface area contributed by atoms with Crippen LogP contribution in [0.4, 0.5) is 0 Å². The van der Waals surface area contributed by atoms with Crippen LogP contribution in [0.25, 0.3) is 0 Å². The zero-order valence-electron chi connectivity index (χ0n) is 11.7. The second-order valence-electron chi connectivity index (χ2n) is 4.75. The first-order chi connectivity index (χ1) is 9.65. The molecule has 2 rings (SSSR count). The molecular formula is C16H19BrClNS. The van der Waals surface area contributed by atoms with E-state index in [-0.39, 0.29) is 6.04 Å². The summed E-state index contributed by atoms with van der Waals surface area (Å²) in [6, 6.07) is 11.2. The van der Waals surface area contributed by atoms with Crippen molar-refractivity contribution < 1.29 is 0 Å². The number of aryl methyl sites for hydroxylation is 1. The predicted molar refractivity (Wildman–Crippen MR) is 93.0 cm³/mol. The summed E-state index contributed by atoms with van der Waals surface area (Å²) < 4.78 is 1.79. The number of nitrogens with one attached hydrogen (secondary N) is 1. The maximum absolute atomic E-state index is 6.19. The van der Waals surface area contributed by atoms with Gasteiger partial charge < -0.3 is 5.32 Å². The molecule has 0 spiro atoms. The topological polar surface area (TPSA) is 12.0 Å². The smallest absolute Gasteiger partial charge is 0.107 e. The normalized spacial score (nSPS) is 12.6. The summed E-state index contributed by atoms with van der Waals surface area (Å²) in [5.74, 6) is 0. The molecule has 0 aliphatic heterocycles. The van der Waals surface area contributed by atoms with Crippen LogP contribution in [0.3, 0.4) is 0 Å². The number of halogens is 2. The molecular weight excluding hydrogens is 354 g/mol. The third kappa shape index (κ3) is 3.85. The third-order valence-electron chi connectivity index (χ3n) is 3.27. The van der Waals surface area contributed by atoms with E-state index >= 15 is 0 Å². The molecule has 2 aromatic rings. The maximum atomic E-state index is 6.19. The van der Waals surface area contributed by atoms with Gasteiger partial charge in [0.05, 0.1) is 6.04 Å². The Morgan fingerprint density at radius 3 is 2.45 bits per heavy atom. The minimum atomic E-state index is 0.217. The van der Waals surface area contributed by atoms with Crippen LogP contribution in [0, 0.1) is 0 Å². The summed E-state index contributed by atoms with van der Waals surface area (Å²) in [7, 11) is 0. The Balaban J connectivity index is 2.30. The second kappa shape index (κ2) is 7.60. The Labute approximate surface area is 138 Å². The molecule has 0 saturated heterocycles. The summed E-state index contributed by atoms with van der Waals surface area (Å²) in [5.41, 5.74) is 2.66. The van der Waals surface area contributed by atoms with E-state index in [1.807, 2.05) is 0 Å². The van der Waals surface area contributed by atoms with Gasteiger partial charge in [-0.25, -0.2) is 0 Å². The molecule has 1 unspecified atom stereocenters. The molecule has 1 N–H and O–H groups in total. The quantitative estimate of drug-likeness (QED) is 0.674. The fourth-order valence-corrected chi connectivity index (χ4v) is 3.96. The van der Waals surface area contributed by atoms with Gasteiger partial charge in [-0.3, -0.25) is 0 Å². The van der Waals surface area contributed by atoms with Crippen LogP contribution in [-0.2, 0) is 6.42 Å². The summed E-state index contributed by atoms with van der Waals surface area (Å²) >= 11 is 11.3. The monoisotopic (exact) mass is 371 g/mol. The van der Waals surface area contributed by atoms with E-state index in [0.717, 1.165) is 28.2 Å². The van der Waals surface area contributed by atoms with Crippen LogP contribution in [0.2, 0.25) is 4.34 Å². The summed E-state index contributed by atoms with van der Waals surface area (Å²) in [5, 5.41) is 3.61. The lowest BCUT2D eigenvalue weighted by molar-refractivity contribution is 0.605. The van der Waals surface area contributed by atoms with Crippen LogP contribution in [-0.4, -0.2) is 6.54 Å². The van der Waals surface area contributed by atoms with Crippen molar-refractivity contribution in [3.05, 3.63) is 55.1 Å². The van der Waals surface area contributed by atoms with Gasteiger partial charge in [0.2, 0.25) is 0 Å². The highest BCUT2D eigenvalue weighted by Gasteiger charge is 2.17. The van der Waals surface area contributed by atoms with Crippen molar-refractivity contribution in [1.82, 2.24) is 5.32 Å². The fourth-order valence-electron chi connectivity index (χ4n) is 2.12. The lowest BCUT2D eigenvalue weighted by Crippen LogP contribution is -2.22. The van der Waals surface area contributed by atoms with Crippen LogP contribution in [0.15, 0.2) is 34.8 Å². The van der Waals surface area contributed by atoms with Crippen LogP contribution >= 0.6 is 38.9 Å². The zero-order valence-corrected chi connectivity index (χ0v) is 14.9. The SMILES string of the molecule is CCCNC(c1ccc(CC)cc1)c1cc(Br)c(Cl)s1. The van der Waals surface area contributed by atoms with Gasteiger partial charge in [0.15, 0.2) is 0 Å². The average Bonchev–Trinajstić information content (AvgIpc) is 2.79. The van der Waals surface area contributed by atoms with Crippen molar-refractivity contribution in [2.75, 3.05) is 6.54 Å².